The second-order valence-corrected chi connectivity index (χ2v) is 10.4. The van der Waals surface area contributed by atoms with Crippen LogP contribution in [-0.2, 0) is 14.3 Å². The summed E-state index contributed by atoms with van der Waals surface area (Å²) < 4.78 is 10.7. The minimum atomic E-state index is -0.911. The van der Waals surface area contributed by atoms with Crippen LogP contribution in [0.4, 0.5) is 5.69 Å². The summed E-state index contributed by atoms with van der Waals surface area (Å²) in [5.74, 6) is -2.31. The number of hydrogen-bond acceptors (Lipinski definition) is 9. The molecule has 2 N–H and O–H groups in total. The molecule has 2 heterocycles. The zero-order valence-corrected chi connectivity index (χ0v) is 21.3. The number of ketones is 1. The Hall–Kier alpha value is -3.66. The molecule has 1 aromatic carbocycles. The highest BCUT2D eigenvalue weighted by molar-refractivity contribution is 7.10. The molecular weight excluding hydrogens is 484 g/mol. The minimum Gasteiger partial charge on any atom is -0.500 e. The Balaban J connectivity index is 1.88. The van der Waals surface area contributed by atoms with Crippen LogP contribution < -0.4 is 10.1 Å². The maximum atomic E-state index is 13.6. The number of nitro groups is 1. The topological polar surface area (TPSA) is 128 Å². The average molecular weight is 513 g/mol. The van der Waals surface area contributed by atoms with Crippen LogP contribution in [0, 0.1) is 16.0 Å². The third kappa shape index (κ3) is 4.73. The van der Waals surface area contributed by atoms with Crippen molar-refractivity contribution in [3.05, 3.63) is 72.7 Å². The molecule has 0 amide bonds. The number of nitro benzene ring substituents is 1. The number of benzene rings is 1. The molecule has 2 aliphatic rings. The normalized spacial score (nSPS) is 19.8. The van der Waals surface area contributed by atoms with Gasteiger partial charge in [0.05, 0.1) is 24.2 Å². The molecule has 1 aliphatic heterocycles. The summed E-state index contributed by atoms with van der Waals surface area (Å²) in [4.78, 5) is 39.0. The summed E-state index contributed by atoms with van der Waals surface area (Å²) in [7, 11) is 1.28. The van der Waals surface area contributed by atoms with Gasteiger partial charge in [-0.2, -0.15) is 0 Å². The number of phenols is 1. The maximum Gasteiger partial charge on any atom is 0.336 e. The van der Waals surface area contributed by atoms with Gasteiger partial charge in [0.2, 0.25) is 5.75 Å². The van der Waals surface area contributed by atoms with Gasteiger partial charge in [-0.1, -0.05) is 19.9 Å². The fourth-order valence-corrected chi connectivity index (χ4v) is 5.59. The van der Waals surface area contributed by atoms with Crippen LogP contribution >= 0.6 is 11.3 Å². The standard InChI is InChI=1S/C26H28N2O7S/c1-13(2)12-35-26(31)22-14(3)27-17-8-15(21-6-5-7-36-21)10-19(29)24(17)23(22)16-9-18(28(32)33)25(30)20(11-16)34-4/h5-7,9,11,13,15,23,27,30H,8,10,12H2,1-4H3/t15-,23-/m1/s1. The van der Waals surface area contributed by atoms with E-state index in [1.165, 1.54) is 19.2 Å². The molecule has 0 unspecified atom stereocenters. The number of rotatable bonds is 7. The number of carbonyl (C=O) groups is 2. The van der Waals surface area contributed by atoms with Gasteiger partial charge in [0.1, 0.15) is 0 Å². The van der Waals surface area contributed by atoms with E-state index in [9.17, 15) is 24.8 Å². The van der Waals surface area contributed by atoms with Crippen molar-refractivity contribution in [3.8, 4) is 11.5 Å². The van der Waals surface area contributed by atoms with E-state index in [1.54, 1.807) is 18.3 Å². The Labute approximate surface area is 212 Å². The van der Waals surface area contributed by atoms with Crippen LogP contribution in [-0.4, -0.2) is 35.5 Å². The fourth-order valence-electron chi connectivity index (χ4n) is 4.76. The number of carbonyl (C=O) groups excluding carboxylic acids is 2. The highest BCUT2D eigenvalue weighted by Crippen LogP contribution is 2.49. The minimum absolute atomic E-state index is 0.00432. The van der Waals surface area contributed by atoms with Crippen LogP contribution in [0.15, 0.2) is 52.2 Å². The number of phenolic OH excluding ortho intramolecular Hbond substituents is 1. The molecule has 0 fully saturated rings. The number of esters is 1. The first-order chi connectivity index (χ1) is 17.1. The summed E-state index contributed by atoms with van der Waals surface area (Å²) >= 11 is 1.59. The predicted molar refractivity (Wildman–Crippen MR) is 134 cm³/mol. The SMILES string of the molecule is COc1cc([C@@H]2C(C(=O)OCC(C)C)=C(C)NC3=C2C(=O)C[C@H](c2cccs2)C3)cc([N+](=O)[O-])c1O. The number of aromatic hydroxyl groups is 1. The van der Waals surface area contributed by atoms with Gasteiger partial charge >= 0.3 is 11.7 Å². The molecule has 36 heavy (non-hydrogen) atoms. The molecule has 190 valence electrons. The number of methoxy groups -OCH3 is 1. The second-order valence-electron chi connectivity index (χ2n) is 9.37. The van der Waals surface area contributed by atoms with E-state index in [2.05, 4.69) is 5.32 Å². The van der Waals surface area contributed by atoms with Crippen LogP contribution in [0.25, 0.3) is 0 Å². The number of nitrogens with one attached hydrogen (secondary N) is 1. The fraction of sp³-hybridized carbons (Fsp3) is 0.385. The summed E-state index contributed by atoms with van der Waals surface area (Å²) in [6.45, 7) is 5.74. The van der Waals surface area contributed by atoms with Crippen LogP contribution in [0.1, 0.15) is 55.9 Å². The number of hydrogen-bond donors (Lipinski definition) is 2. The molecule has 0 spiro atoms. The Morgan fingerprint density at radius 1 is 1.33 bits per heavy atom. The van der Waals surface area contributed by atoms with Crippen molar-refractivity contribution in [1.82, 2.24) is 5.32 Å². The van der Waals surface area contributed by atoms with E-state index in [0.717, 1.165) is 4.88 Å². The first kappa shape index (κ1) is 25.4. The lowest BCUT2D eigenvalue weighted by molar-refractivity contribution is -0.386. The summed E-state index contributed by atoms with van der Waals surface area (Å²) in [6, 6.07) is 6.58. The molecule has 1 aliphatic carbocycles. The van der Waals surface area contributed by atoms with Gasteiger partial charge in [0.15, 0.2) is 11.5 Å². The van der Waals surface area contributed by atoms with Crippen LogP contribution in [0.2, 0.25) is 0 Å². The van der Waals surface area contributed by atoms with E-state index in [4.69, 9.17) is 9.47 Å². The van der Waals surface area contributed by atoms with E-state index in [-0.39, 0.29) is 42.0 Å². The number of nitrogens with zero attached hydrogens (tertiary/aromatic N) is 1. The third-order valence-corrected chi connectivity index (χ3v) is 7.40. The van der Waals surface area contributed by atoms with Gasteiger partial charge in [0, 0.05) is 46.2 Å². The van der Waals surface area contributed by atoms with Gasteiger partial charge in [-0.25, -0.2) is 4.79 Å². The van der Waals surface area contributed by atoms with E-state index >= 15 is 0 Å². The lowest BCUT2D eigenvalue weighted by Gasteiger charge is -2.36. The van der Waals surface area contributed by atoms with Gasteiger partial charge in [0.25, 0.3) is 0 Å². The Morgan fingerprint density at radius 3 is 2.69 bits per heavy atom. The number of allylic oxidation sites excluding steroid dienone is 3. The lowest BCUT2D eigenvalue weighted by atomic mass is 9.72. The first-order valence-corrected chi connectivity index (χ1v) is 12.5. The molecule has 0 saturated carbocycles. The highest BCUT2D eigenvalue weighted by Gasteiger charge is 2.42. The number of dihydropyridines is 1. The van der Waals surface area contributed by atoms with Gasteiger partial charge in [-0.15, -0.1) is 11.3 Å². The predicted octanol–water partition coefficient (Wildman–Crippen LogP) is 4.93. The molecule has 0 bridgehead atoms. The quantitative estimate of drug-likeness (QED) is 0.304. The van der Waals surface area contributed by atoms with Crippen molar-refractivity contribution >= 4 is 28.8 Å². The molecule has 9 nitrogen and oxygen atoms in total. The number of Topliss-reactive ketones (excluding diaryl/α,β-unsaturated/α-hetero) is 1. The van der Waals surface area contributed by atoms with Crippen molar-refractivity contribution in [2.45, 2.75) is 45.4 Å². The second kappa shape index (κ2) is 10.1. The zero-order valence-electron chi connectivity index (χ0n) is 20.5. The van der Waals surface area contributed by atoms with E-state index in [0.29, 0.717) is 29.0 Å². The van der Waals surface area contributed by atoms with Crippen LogP contribution in [0.3, 0.4) is 0 Å². The van der Waals surface area contributed by atoms with Gasteiger partial charge < -0.3 is 19.9 Å². The van der Waals surface area contributed by atoms with Crippen molar-refractivity contribution in [2.75, 3.05) is 13.7 Å². The molecule has 10 heteroatoms. The highest BCUT2D eigenvalue weighted by atomic mass is 32.1. The van der Waals surface area contributed by atoms with Crippen LogP contribution in [0.5, 0.6) is 11.5 Å². The molecule has 4 rings (SSSR count). The van der Waals surface area contributed by atoms with Crippen molar-refractivity contribution in [2.24, 2.45) is 5.92 Å². The number of ether oxygens (including phenoxy) is 2. The Kier molecular flexibility index (Phi) is 7.16. The summed E-state index contributed by atoms with van der Waals surface area (Å²) in [5.41, 5.74) is 1.51. The number of thiophene rings is 1. The molecule has 0 saturated heterocycles. The molecule has 1 aromatic heterocycles. The molecular formula is C26H28N2O7S. The van der Waals surface area contributed by atoms with Crippen molar-refractivity contribution in [3.63, 3.8) is 0 Å². The molecule has 0 radical (unpaired) electrons. The van der Waals surface area contributed by atoms with Gasteiger partial charge in [-0.05, 0) is 42.3 Å². The summed E-state index contributed by atoms with van der Waals surface area (Å²) in [5, 5.41) is 27.3. The molecule has 2 aromatic rings. The van der Waals surface area contributed by atoms with E-state index in [1.807, 2.05) is 31.4 Å². The average Bonchev–Trinajstić information content (AvgIpc) is 3.36. The third-order valence-electron chi connectivity index (χ3n) is 6.37. The summed E-state index contributed by atoms with van der Waals surface area (Å²) in [6.07, 6.45) is 0.809. The lowest BCUT2D eigenvalue weighted by Crippen LogP contribution is -2.36. The largest absolute Gasteiger partial charge is 0.500 e. The Morgan fingerprint density at radius 2 is 2.08 bits per heavy atom. The smallest absolute Gasteiger partial charge is 0.336 e. The first-order valence-electron chi connectivity index (χ1n) is 11.6. The van der Waals surface area contributed by atoms with Gasteiger partial charge in [-0.3, -0.25) is 14.9 Å². The Bertz CT molecular complexity index is 1280. The van der Waals surface area contributed by atoms with Crippen molar-refractivity contribution in [1.29, 1.82) is 0 Å². The monoisotopic (exact) mass is 512 g/mol. The molecule has 2 atom stereocenters. The maximum absolute atomic E-state index is 13.6. The van der Waals surface area contributed by atoms with E-state index < -0.39 is 28.2 Å². The zero-order chi connectivity index (χ0) is 26.1. The van der Waals surface area contributed by atoms with Crippen molar-refractivity contribution < 1.29 is 29.1 Å².